The first-order valence-electron chi connectivity index (χ1n) is 5.30. The summed E-state index contributed by atoms with van der Waals surface area (Å²) in [5, 5.41) is 13.4. The van der Waals surface area contributed by atoms with Gasteiger partial charge in [0.15, 0.2) is 5.75 Å². The molecular weight excluding hydrogens is 263 g/mol. The number of hydrogen-bond donors (Lipinski definition) is 3. The van der Waals surface area contributed by atoms with E-state index >= 15 is 0 Å². The molecule has 1 aromatic rings. The second kappa shape index (κ2) is 7.74. The van der Waals surface area contributed by atoms with E-state index in [2.05, 4.69) is 5.32 Å². The number of rotatable bonds is 7. The Bertz CT molecular complexity index is 330. The van der Waals surface area contributed by atoms with Crippen molar-refractivity contribution in [3.63, 3.8) is 0 Å². The molecule has 0 aliphatic carbocycles. The summed E-state index contributed by atoms with van der Waals surface area (Å²) in [7, 11) is 0. The van der Waals surface area contributed by atoms with Gasteiger partial charge in [0.05, 0.1) is 10.0 Å². The Balaban J connectivity index is 2.39. The molecule has 0 amide bonds. The van der Waals surface area contributed by atoms with Gasteiger partial charge in [-0.1, -0.05) is 29.3 Å². The van der Waals surface area contributed by atoms with E-state index in [9.17, 15) is 5.11 Å². The Morgan fingerprint density at radius 3 is 2.59 bits per heavy atom. The van der Waals surface area contributed by atoms with Crippen molar-refractivity contribution in [1.29, 1.82) is 0 Å². The maximum absolute atomic E-state index is 9.60. The minimum atomic E-state index is -0.631. The van der Waals surface area contributed by atoms with E-state index in [0.29, 0.717) is 35.4 Å². The largest absolute Gasteiger partial charge is 0.488 e. The van der Waals surface area contributed by atoms with Crippen LogP contribution in [0, 0.1) is 0 Å². The third kappa shape index (κ3) is 5.10. The van der Waals surface area contributed by atoms with Gasteiger partial charge in [0.1, 0.15) is 12.7 Å². The van der Waals surface area contributed by atoms with Crippen LogP contribution in [0.4, 0.5) is 0 Å². The Labute approximate surface area is 111 Å². The summed E-state index contributed by atoms with van der Waals surface area (Å²) in [5.74, 6) is 0.397. The average molecular weight is 279 g/mol. The van der Waals surface area contributed by atoms with Crippen LogP contribution in [0.1, 0.15) is 0 Å². The number of para-hydroxylation sites is 1. The summed E-state index contributed by atoms with van der Waals surface area (Å²) in [5.41, 5.74) is 5.31. The van der Waals surface area contributed by atoms with Gasteiger partial charge in [-0.25, -0.2) is 0 Å². The van der Waals surface area contributed by atoms with E-state index in [0.717, 1.165) is 0 Å². The van der Waals surface area contributed by atoms with E-state index in [-0.39, 0.29) is 6.61 Å². The summed E-state index contributed by atoms with van der Waals surface area (Å²) in [6.45, 7) is 1.73. The Kier molecular flexibility index (Phi) is 6.62. The molecule has 4 nitrogen and oxygen atoms in total. The molecule has 6 heteroatoms. The molecule has 1 aromatic carbocycles. The fourth-order valence-corrected chi connectivity index (χ4v) is 1.74. The van der Waals surface area contributed by atoms with Crippen molar-refractivity contribution in [2.24, 2.45) is 5.73 Å². The highest BCUT2D eigenvalue weighted by atomic mass is 35.5. The van der Waals surface area contributed by atoms with Crippen molar-refractivity contribution in [2.45, 2.75) is 6.10 Å². The van der Waals surface area contributed by atoms with Crippen LogP contribution in [0.2, 0.25) is 10.0 Å². The van der Waals surface area contributed by atoms with Gasteiger partial charge >= 0.3 is 0 Å². The Hall–Kier alpha value is -0.520. The summed E-state index contributed by atoms with van der Waals surface area (Å²) in [4.78, 5) is 0. The van der Waals surface area contributed by atoms with Crippen LogP contribution < -0.4 is 15.8 Å². The highest BCUT2D eigenvalue weighted by molar-refractivity contribution is 6.37. The number of ether oxygens (including phenoxy) is 1. The lowest BCUT2D eigenvalue weighted by Gasteiger charge is -2.14. The molecule has 1 unspecified atom stereocenters. The quantitative estimate of drug-likeness (QED) is 0.658. The number of nitrogens with one attached hydrogen (secondary N) is 1. The maximum Gasteiger partial charge on any atom is 0.156 e. The molecule has 4 N–H and O–H groups in total. The number of aliphatic hydroxyl groups excluding tert-OH is 1. The monoisotopic (exact) mass is 278 g/mol. The smallest absolute Gasteiger partial charge is 0.156 e. The summed E-state index contributed by atoms with van der Waals surface area (Å²) in [6, 6.07) is 5.10. The molecular formula is C11H16Cl2N2O2. The van der Waals surface area contributed by atoms with Crippen molar-refractivity contribution >= 4 is 23.2 Å². The number of hydrogen-bond acceptors (Lipinski definition) is 4. The van der Waals surface area contributed by atoms with E-state index < -0.39 is 6.10 Å². The van der Waals surface area contributed by atoms with Gasteiger partial charge in [-0.05, 0) is 12.1 Å². The van der Waals surface area contributed by atoms with Crippen LogP contribution in [0.5, 0.6) is 5.75 Å². The van der Waals surface area contributed by atoms with Crippen LogP contribution in [0.25, 0.3) is 0 Å². The topological polar surface area (TPSA) is 67.5 Å². The summed E-state index contributed by atoms with van der Waals surface area (Å²) < 4.78 is 5.37. The van der Waals surface area contributed by atoms with Crippen molar-refractivity contribution < 1.29 is 9.84 Å². The van der Waals surface area contributed by atoms with Gasteiger partial charge in [0.2, 0.25) is 0 Å². The average Bonchev–Trinajstić information content (AvgIpc) is 2.29. The van der Waals surface area contributed by atoms with E-state index in [1.54, 1.807) is 18.2 Å². The molecule has 1 atom stereocenters. The second-order valence-electron chi connectivity index (χ2n) is 3.51. The molecule has 0 aliphatic rings. The van der Waals surface area contributed by atoms with E-state index in [4.69, 9.17) is 33.7 Å². The van der Waals surface area contributed by atoms with Crippen LogP contribution in [0.3, 0.4) is 0 Å². The predicted octanol–water partition coefficient (Wildman–Crippen LogP) is 1.28. The number of nitrogens with two attached hydrogens (primary N) is 1. The molecule has 1 rings (SSSR count). The van der Waals surface area contributed by atoms with Crippen LogP contribution >= 0.6 is 23.2 Å². The fraction of sp³-hybridized carbons (Fsp3) is 0.455. The van der Waals surface area contributed by atoms with Crippen LogP contribution in [-0.2, 0) is 0 Å². The highest BCUT2D eigenvalue weighted by Crippen LogP contribution is 2.32. The van der Waals surface area contributed by atoms with Gasteiger partial charge < -0.3 is 20.9 Å². The normalized spacial score (nSPS) is 12.5. The highest BCUT2D eigenvalue weighted by Gasteiger charge is 2.09. The standard InChI is InChI=1S/C11H16Cl2N2O2/c12-9-2-1-3-10(13)11(9)17-7-8(16)6-15-5-4-14/h1-3,8,15-16H,4-7,14H2. The lowest BCUT2D eigenvalue weighted by molar-refractivity contribution is 0.107. The molecule has 0 aliphatic heterocycles. The Morgan fingerprint density at radius 1 is 1.35 bits per heavy atom. The summed E-state index contributed by atoms with van der Waals surface area (Å²) >= 11 is 11.8. The molecule has 0 radical (unpaired) electrons. The van der Waals surface area contributed by atoms with Gasteiger partial charge in [-0.3, -0.25) is 0 Å². The first-order chi connectivity index (χ1) is 8.15. The lowest BCUT2D eigenvalue weighted by atomic mass is 10.3. The Morgan fingerprint density at radius 2 is 2.00 bits per heavy atom. The van der Waals surface area contributed by atoms with Crippen LogP contribution in [0.15, 0.2) is 18.2 Å². The zero-order chi connectivity index (χ0) is 12.7. The number of halogens is 2. The lowest BCUT2D eigenvalue weighted by Crippen LogP contribution is -2.34. The van der Waals surface area contributed by atoms with Gasteiger partial charge in [-0.15, -0.1) is 0 Å². The predicted molar refractivity (Wildman–Crippen MR) is 69.9 cm³/mol. The van der Waals surface area contributed by atoms with E-state index in [1.807, 2.05) is 0 Å². The van der Waals surface area contributed by atoms with Gasteiger partial charge in [0, 0.05) is 19.6 Å². The maximum atomic E-state index is 9.60. The van der Waals surface area contributed by atoms with E-state index in [1.165, 1.54) is 0 Å². The SMILES string of the molecule is NCCNCC(O)COc1c(Cl)cccc1Cl. The van der Waals surface area contributed by atoms with Crippen molar-refractivity contribution in [3.8, 4) is 5.75 Å². The minimum Gasteiger partial charge on any atom is -0.488 e. The summed E-state index contributed by atoms with van der Waals surface area (Å²) in [6.07, 6.45) is -0.631. The third-order valence-corrected chi connectivity index (χ3v) is 2.64. The first-order valence-corrected chi connectivity index (χ1v) is 6.06. The first kappa shape index (κ1) is 14.5. The van der Waals surface area contributed by atoms with Gasteiger partial charge in [-0.2, -0.15) is 0 Å². The van der Waals surface area contributed by atoms with Crippen molar-refractivity contribution in [2.75, 3.05) is 26.2 Å². The fourth-order valence-electron chi connectivity index (χ4n) is 1.23. The molecule has 96 valence electrons. The minimum absolute atomic E-state index is 0.126. The molecule has 0 heterocycles. The number of benzene rings is 1. The molecule has 0 spiro atoms. The molecule has 0 saturated heterocycles. The molecule has 0 aromatic heterocycles. The van der Waals surface area contributed by atoms with Crippen molar-refractivity contribution in [3.05, 3.63) is 28.2 Å². The third-order valence-electron chi connectivity index (χ3n) is 2.04. The second-order valence-corrected chi connectivity index (χ2v) is 4.32. The van der Waals surface area contributed by atoms with Crippen molar-refractivity contribution in [1.82, 2.24) is 5.32 Å². The molecule has 0 fully saturated rings. The molecule has 17 heavy (non-hydrogen) atoms. The molecule has 0 bridgehead atoms. The zero-order valence-electron chi connectivity index (χ0n) is 9.33. The number of aliphatic hydroxyl groups is 1. The zero-order valence-corrected chi connectivity index (χ0v) is 10.8. The molecule has 0 saturated carbocycles. The van der Waals surface area contributed by atoms with Crippen LogP contribution in [-0.4, -0.2) is 37.5 Å². The van der Waals surface area contributed by atoms with Gasteiger partial charge in [0.25, 0.3) is 0 Å².